The van der Waals surface area contributed by atoms with Gasteiger partial charge in [-0.1, -0.05) is 12.1 Å². The van der Waals surface area contributed by atoms with Crippen LogP contribution in [-0.2, 0) is 11.3 Å². The molecular formula is C12H16F2N2O2. The first-order valence-electron chi connectivity index (χ1n) is 5.57. The fourth-order valence-electron chi connectivity index (χ4n) is 1.35. The van der Waals surface area contributed by atoms with Crippen LogP contribution in [0.15, 0.2) is 24.3 Å². The van der Waals surface area contributed by atoms with Crippen molar-refractivity contribution in [2.45, 2.75) is 19.6 Å². The molecule has 1 amide bonds. The molecule has 6 heteroatoms. The van der Waals surface area contributed by atoms with Gasteiger partial charge in [0.2, 0.25) is 5.91 Å². The van der Waals surface area contributed by atoms with Crippen LogP contribution in [0.2, 0.25) is 0 Å². The highest BCUT2D eigenvalue weighted by molar-refractivity contribution is 5.75. The summed E-state index contributed by atoms with van der Waals surface area (Å²) in [6, 6.07) is 6.37. The summed E-state index contributed by atoms with van der Waals surface area (Å²) >= 11 is 0. The molecule has 0 saturated heterocycles. The molecule has 1 rings (SSSR count). The molecule has 0 spiro atoms. The van der Waals surface area contributed by atoms with Crippen molar-refractivity contribution >= 4 is 5.91 Å². The first kappa shape index (κ1) is 14.4. The average Bonchev–Trinajstić information content (AvgIpc) is 2.35. The van der Waals surface area contributed by atoms with Gasteiger partial charge in [0, 0.05) is 26.6 Å². The minimum atomic E-state index is -2.80. The zero-order chi connectivity index (χ0) is 13.4. The largest absolute Gasteiger partial charge is 0.435 e. The quantitative estimate of drug-likeness (QED) is 0.729. The number of hydrogen-bond donors (Lipinski definition) is 2. The van der Waals surface area contributed by atoms with Gasteiger partial charge >= 0.3 is 6.61 Å². The normalized spacial score (nSPS) is 10.4. The van der Waals surface area contributed by atoms with Gasteiger partial charge in [-0.25, -0.2) is 0 Å². The number of alkyl halides is 2. The van der Waals surface area contributed by atoms with Gasteiger partial charge in [0.1, 0.15) is 5.75 Å². The second-order valence-electron chi connectivity index (χ2n) is 3.62. The van der Waals surface area contributed by atoms with Gasteiger partial charge in [-0.3, -0.25) is 4.79 Å². The van der Waals surface area contributed by atoms with Crippen molar-refractivity contribution in [3.8, 4) is 5.75 Å². The molecule has 0 atom stereocenters. The van der Waals surface area contributed by atoms with Gasteiger partial charge in [0.15, 0.2) is 0 Å². The lowest BCUT2D eigenvalue weighted by molar-refractivity contribution is -0.120. The van der Waals surface area contributed by atoms with Crippen molar-refractivity contribution in [2.75, 3.05) is 13.6 Å². The van der Waals surface area contributed by atoms with E-state index >= 15 is 0 Å². The van der Waals surface area contributed by atoms with Gasteiger partial charge in [-0.2, -0.15) is 8.78 Å². The highest BCUT2D eigenvalue weighted by Gasteiger charge is 2.03. The van der Waals surface area contributed by atoms with Crippen LogP contribution in [0.3, 0.4) is 0 Å². The van der Waals surface area contributed by atoms with Crippen molar-refractivity contribution in [3.63, 3.8) is 0 Å². The number of carbonyl (C=O) groups excluding carboxylic acids is 1. The number of rotatable bonds is 7. The Morgan fingerprint density at radius 3 is 2.56 bits per heavy atom. The zero-order valence-corrected chi connectivity index (χ0v) is 10.1. The lowest BCUT2D eigenvalue weighted by Gasteiger charge is -2.07. The highest BCUT2D eigenvalue weighted by Crippen LogP contribution is 2.14. The third-order valence-electron chi connectivity index (χ3n) is 2.29. The lowest BCUT2D eigenvalue weighted by Crippen LogP contribution is -2.24. The van der Waals surface area contributed by atoms with Crippen molar-refractivity contribution in [2.24, 2.45) is 0 Å². The van der Waals surface area contributed by atoms with Crippen LogP contribution in [0.1, 0.15) is 12.0 Å². The molecule has 18 heavy (non-hydrogen) atoms. The maximum absolute atomic E-state index is 11.9. The molecule has 1 aromatic carbocycles. The number of halogens is 2. The Morgan fingerprint density at radius 1 is 1.33 bits per heavy atom. The number of carbonyl (C=O) groups is 1. The summed E-state index contributed by atoms with van der Waals surface area (Å²) in [5, 5.41) is 5.60. The van der Waals surface area contributed by atoms with E-state index in [0.29, 0.717) is 19.5 Å². The Bertz CT molecular complexity index is 369. The second kappa shape index (κ2) is 7.60. The summed E-state index contributed by atoms with van der Waals surface area (Å²) < 4.78 is 28.0. The van der Waals surface area contributed by atoms with Gasteiger partial charge in [-0.05, 0) is 17.7 Å². The van der Waals surface area contributed by atoms with E-state index in [0.717, 1.165) is 5.56 Å². The molecular weight excluding hydrogens is 242 g/mol. The van der Waals surface area contributed by atoms with Crippen LogP contribution in [0.25, 0.3) is 0 Å². The molecule has 4 nitrogen and oxygen atoms in total. The molecule has 100 valence electrons. The molecule has 0 fully saturated rings. The Morgan fingerprint density at radius 2 is 2.00 bits per heavy atom. The summed E-state index contributed by atoms with van der Waals surface area (Å²) in [4.78, 5) is 10.9. The van der Waals surface area contributed by atoms with Crippen molar-refractivity contribution in [3.05, 3.63) is 29.8 Å². The predicted octanol–water partition coefficient (Wildman–Crippen LogP) is 1.51. The van der Waals surface area contributed by atoms with Gasteiger partial charge < -0.3 is 15.4 Å². The predicted molar refractivity (Wildman–Crippen MR) is 63.5 cm³/mol. The zero-order valence-electron chi connectivity index (χ0n) is 10.1. The summed E-state index contributed by atoms with van der Waals surface area (Å²) in [6.07, 6.45) is 0.406. The van der Waals surface area contributed by atoms with Crippen LogP contribution < -0.4 is 15.4 Å². The minimum Gasteiger partial charge on any atom is -0.435 e. The number of benzene rings is 1. The molecule has 0 aliphatic rings. The van der Waals surface area contributed by atoms with Crippen LogP contribution in [-0.4, -0.2) is 26.1 Å². The molecule has 1 aromatic rings. The van der Waals surface area contributed by atoms with E-state index in [1.165, 1.54) is 12.1 Å². The summed E-state index contributed by atoms with van der Waals surface area (Å²) in [5.41, 5.74) is 0.938. The Labute approximate surface area is 104 Å². The molecule has 0 saturated carbocycles. The van der Waals surface area contributed by atoms with E-state index in [4.69, 9.17) is 0 Å². The lowest BCUT2D eigenvalue weighted by atomic mass is 10.2. The number of amides is 1. The van der Waals surface area contributed by atoms with Crippen molar-refractivity contribution in [1.29, 1.82) is 0 Å². The maximum Gasteiger partial charge on any atom is 0.387 e. The van der Waals surface area contributed by atoms with E-state index in [1.807, 2.05) is 0 Å². The first-order chi connectivity index (χ1) is 8.61. The smallest absolute Gasteiger partial charge is 0.387 e. The summed E-state index contributed by atoms with van der Waals surface area (Å²) in [7, 11) is 1.59. The van der Waals surface area contributed by atoms with Gasteiger partial charge in [0.05, 0.1) is 0 Å². The Kier molecular flexibility index (Phi) is 6.07. The van der Waals surface area contributed by atoms with E-state index < -0.39 is 6.61 Å². The third-order valence-corrected chi connectivity index (χ3v) is 2.29. The van der Waals surface area contributed by atoms with Crippen LogP contribution in [0.5, 0.6) is 5.75 Å². The van der Waals surface area contributed by atoms with Crippen LogP contribution >= 0.6 is 0 Å². The Hall–Kier alpha value is -1.69. The topological polar surface area (TPSA) is 50.4 Å². The van der Waals surface area contributed by atoms with E-state index in [-0.39, 0.29) is 11.7 Å². The minimum absolute atomic E-state index is 0.0248. The van der Waals surface area contributed by atoms with E-state index in [1.54, 1.807) is 19.2 Å². The van der Waals surface area contributed by atoms with Gasteiger partial charge in [-0.15, -0.1) is 0 Å². The molecule has 0 radical (unpaired) electrons. The third kappa shape index (κ3) is 5.58. The fraction of sp³-hybridized carbons (Fsp3) is 0.417. The van der Waals surface area contributed by atoms with Crippen molar-refractivity contribution in [1.82, 2.24) is 10.6 Å². The van der Waals surface area contributed by atoms with Gasteiger partial charge in [0.25, 0.3) is 0 Å². The van der Waals surface area contributed by atoms with Crippen LogP contribution in [0.4, 0.5) is 8.78 Å². The van der Waals surface area contributed by atoms with Crippen molar-refractivity contribution < 1.29 is 18.3 Å². The molecule has 0 aromatic heterocycles. The standard InChI is InChI=1S/C12H16F2N2O2/c1-15-11(17)6-7-16-8-9-2-4-10(5-3-9)18-12(13)14/h2-5,12,16H,6-8H2,1H3,(H,15,17). The molecule has 0 heterocycles. The molecule has 2 N–H and O–H groups in total. The summed E-state index contributed by atoms with van der Waals surface area (Å²) in [6.45, 7) is -1.66. The maximum atomic E-state index is 11.9. The number of ether oxygens (including phenoxy) is 1. The first-order valence-corrected chi connectivity index (χ1v) is 5.57. The average molecular weight is 258 g/mol. The Balaban J connectivity index is 2.28. The summed E-state index contributed by atoms with van der Waals surface area (Å²) in [5.74, 6) is 0.113. The highest BCUT2D eigenvalue weighted by atomic mass is 19.3. The second-order valence-corrected chi connectivity index (χ2v) is 3.62. The number of nitrogens with one attached hydrogen (secondary N) is 2. The molecule has 0 bridgehead atoms. The monoisotopic (exact) mass is 258 g/mol. The van der Waals surface area contributed by atoms with E-state index in [9.17, 15) is 13.6 Å². The molecule has 0 aliphatic carbocycles. The fourth-order valence-corrected chi connectivity index (χ4v) is 1.35. The van der Waals surface area contributed by atoms with E-state index in [2.05, 4.69) is 15.4 Å². The number of hydrogen-bond acceptors (Lipinski definition) is 3. The SMILES string of the molecule is CNC(=O)CCNCc1ccc(OC(F)F)cc1. The molecule has 0 unspecified atom stereocenters. The van der Waals surface area contributed by atoms with Crippen LogP contribution in [0, 0.1) is 0 Å². The molecule has 0 aliphatic heterocycles.